The Morgan fingerprint density at radius 2 is 2.17 bits per heavy atom. The third-order valence-electron chi connectivity index (χ3n) is 3.71. The van der Waals surface area contributed by atoms with E-state index >= 15 is 0 Å². The van der Waals surface area contributed by atoms with E-state index in [9.17, 15) is 14.4 Å². The second-order valence-electron chi connectivity index (χ2n) is 5.78. The number of esters is 1. The predicted octanol–water partition coefficient (Wildman–Crippen LogP) is 1.50. The summed E-state index contributed by atoms with van der Waals surface area (Å²) in [5.74, 6) is -0.580. The van der Waals surface area contributed by atoms with Gasteiger partial charge in [0.1, 0.15) is 4.88 Å². The summed E-state index contributed by atoms with van der Waals surface area (Å²) in [4.78, 5) is 36.7. The number of carbonyl (C=O) groups excluding carboxylic acids is 3. The number of hydrogen-bond donors (Lipinski definition) is 2. The van der Waals surface area contributed by atoms with Gasteiger partial charge >= 0.3 is 12.0 Å². The number of nitrogens with one attached hydrogen (secondary N) is 2. The zero-order valence-electron chi connectivity index (χ0n) is 13.8. The summed E-state index contributed by atoms with van der Waals surface area (Å²) in [5.41, 5.74) is 1.20. The molecule has 1 aromatic heterocycles. The van der Waals surface area contributed by atoms with Crippen molar-refractivity contribution in [1.29, 1.82) is 0 Å². The molecule has 1 aromatic rings. The van der Waals surface area contributed by atoms with Gasteiger partial charge in [0.25, 0.3) is 5.91 Å². The molecule has 0 bridgehead atoms. The summed E-state index contributed by atoms with van der Waals surface area (Å²) in [6.07, 6.45) is 3.08. The molecule has 0 aliphatic heterocycles. The average molecular weight is 354 g/mol. The van der Waals surface area contributed by atoms with Gasteiger partial charge in [-0.3, -0.25) is 10.1 Å². The number of ether oxygens (including phenoxy) is 2. The van der Waals surface area contributed by atoms with Crippen LogP contribution in [0.3, 0.4) is 0 Å². The van der Waals surface area contributed by atoms with Crippen molar-refractivity contribution in [3.05, 3.63) is 21.4 Å². The molecule has 3 amide bonds. The number of thiophene rings is 1. The number of carbonyl (C=O) groups is 3. The van der Waals surface area contributed by atoms with Crippen LogP contribution in [0.2, 0.25) is 0 Å². The van der Waals surface area contributed by atoms with Crippen LogP contribution in [-0.4, -0.2) is 44.8 Å². The molecule has 0 aromatic carbocycles. The summed E-state index contributed by atoms with van der Waals surface area (Å²) >= 11 is 1.43. The topological polar surface area (TPSA) is 93.7 Å². The van der Waals surface area contributed by atoms with Crippen LogP contribution in [0.25, 0.3) is 0 Å². The fourth-order valence-corrected chi connectivity index (χ4v) is 3.58. The molecule has 0 saturated heterocycles. The fourth-order valence-electron chi connectivity index (χ4n) is 2.48. The Morgan fingerprint density at radius 1 is 1.38 bits per heavy atom. The van der Waals surface area contributed by atoms with Crippen LogP contribution in [0.4, 0.5) is 4.79 Å². The van der Waals surface area contributed by atoms with Crippen molar-refractivity contribution in [2.24, 2.45) is 5.92 Å². The smallest absolute Gasteiger partial charge is 0.348 e. The van der Waals surface area contributed by atoms with Gasteiger partial charge in [0.05, 0.1) is 6.61 Å². The van der Waals surface area contributed by atoms with Crippen molar-refractivity contribution in [3.63, 3.8) is 0 Å². The van der Waals surface area contributed by atoms with E-state index in [1.807, 2.05) is 6.07 Å². The van der Waals surface area contributed by atoms with E-state index in [-0.39, 0.29) is 6.54 Å². The molecule has 0 saturated carbocycles. The van der Waals surface area contributed by atoms with Crippen molar-refractivity contribution in [1.82, 2.24) is 10.6 Å². The van der Waals surface area contributed by atoms with Gasteiger partial charge in [0.15, 0.2) is 6.61 Å². The van der Waals surface area contributed by atoms with Crippen molar-refractivity contribution in [2.75, 3.05) is 26.9 Å². The van der Waals surface area contributed by atoms with Crippen LogP contribution in [0.5, 0.6) is 0 Å². The number of methoxy groups -OCH3 is 1. The van der Waals surface area contributed by atoms with E-state index in [2.05, 4.69) is 17.6 Å². The predicted molar refractivity (Wildman–Crippen MR) is 89.2 cm³/mol. The van der Waals surface area contributed by atoms with Crippen molar-refractivity contribution in [3.8, 4) is 0 Å². The maximum absolute atomic E-state index is 12.0. The zero-order chi connectivity index (χ0) is 17.5. The molecule has 8 heteroatoms. The third kappa shape index (κ3) is 5.31. The van der Waals surface area contributed by atoms with Gasteiger partial charge in [0.2, 0.25) is 0 Å². The van der Waals surface area contributed by atoms with Crippen molar-refractivity contribution >= 4 is 29.2 Å². The second-order valence-corrected chi connectivity index (χ2v) is 6.92. The normalized spacial score (nSPS) is 16.2. The molecule has 2 rings (SSSR count). The lowest BCUT2D eigenvalue weighted by Gasteiger charge is -2.16. The summed E-state index contributed by atoms with van der Waals surface area (Å²) in [7, 11) is 1.51. The maximum Gasteiger partial charge on any atom is 0.348 e. The molecule has 132 valence electrons. The Balaban J connectivity index is 1.76. The van der Waals surface area contributed by atoms with Crippen molar-refractivity contribution < 1.29 is 23.9 Å². The minimum atomic E-state index is -0.673. The molecule has 1 unspecified atom stereocenters. The highest BCUT2D eigenvalue weighted by Crippen LogP contribution is 2.32. The molecular weight excluding hydrogens is 332 g/mol. The van der Waals surface area contributed by atoms with E-state index in [1.165, 1.54) is 28.9 Å². The van der Waals surface area contributed by atoms with E-state index in [0.29, 0.717) is 17.4 Å². The number of fused-ring (bicyclic) bond motifs is 1. The first-order valence-corrected chi connectivity index (χ1v) is 8.66. The van der Waals surface area contributed by atoms with Crippen LogP contribution in [-0.2, 0) is 27.1 Å². The summed E-state index contributed by atoms with van der Waals surface area (Å²) < 4.78 is 9.75. The largest absolute Gasteiger partial charge is 0.451 e. The Morgan fingerprint density at radius 3 is 2.92 bits per heavy atom. The average Bonchev–Trinajstić information content (AvgIpc) is 2.96. The van der Waals surface area contributed by atoms with Crippen LogP contribution in [0, 0.1) is 5.92 Å². The third-order valence-corrected chi connectivity index (χ3v) is 4.93. The molecule has 0 spiro atoms. The van der Waals surface area contributed by atoms with Gasteiger partial charge in [-0.25, -0.2) is 9.59 Å². The van der Waals surface area contributed by atoms with Gasteiger partial charge < -0.3 is 14.8 Å². The lowest BCUT2D eigenvalue weighted by atomic mass is 9.90. The van der Waals surface area contributed by atoms with Crippen LogP contribution in [0.15, 0.2) is 6.07 Å². The summed E-state index contributed by atoms with van der Waals surface area (Å²) in [6.45, 7) is 2.34. The number of rotatable bonds is 6. The second kappa shape index (κ2) is 8.79. The zero-order valence-corrected chi connectivity index (χ0v) is 14.7. The molecule has 1 heterocycles. The number of imide groups is 1. The van der Waals surface area contributed by atoms with E-state index in [0.717, 1.165) is 19.3 Å². The maximum atomic E-state index is 12.0. The van der Waals surface area contributed by atoms with Gasteiger partial charge in [-0.1, -0.05) is 6.92 Å². The number of amides is 3. The van der Waals surface area contributed by atoms with E-state index < -0.39 is 24.5 Å². The first-order valence-electron chi connectivity index (χ1n) is 7.85. The van der Waals surface area contributed by atoms with Gasteiger partial charge in [-0.2, -0.15) is 0 Å². The molecule has 1 aliphatic carbocycles. The van der Waals surface area contributed by atoms with E-state index in [4.69, 9.17) is 9.47 Å². The Bertz CT molecular complexity index is 614. The van der Waals surface area contributed by atoms with Gasteiger partial charge in [0, 0.05) is 18.5 Å². The SMILES string of the molecule is COCCNC(=O)NC(=O)COC(=O)c1cc2c(s1)CCC(C)C2. The minimum Gasteiger partial charge on any atom is -0.451 e. The molecule has 0 radical (unpaired) electrons. The van der Waals surface area contributed by atoms with E-state index in [1.54, 1.807) is 0 Å². The molecular formula is C16H22N2O5S. The minimum absolute atomic E-state index is 0.286. The van der Waals surface area contributed by atoms with Crippen LogP contribution < -0.4 is 10.6 Å². The number of hydrogen-bond acceptors (Lipinski definition) is 6. The lowest BCUT2D eigenvalue weighted by Crippen LogP contribution is -2.42. The Hall–Kier alpha value is -1.93. The summed E-state index contributed by atoms with van der Waals surface area (Å²) in [6, 6.07) is 1.21. The highest BCUT2D eigenvalue weighted by molar-refractivity contribution is 7.14. The number of urea groups is 1. The lowest BCUT2D eigenvalue weighted by molar-refractivity contribution is -0.123. The highest BCUT2D eigenvalue weighted by Gasteiger charge is 2.22. The first kappa shape index (κ1) is 18.4. The standard InChI is InChI=1S/C16H22N2O5S/c1-10-3-4-12-11(7-10)8-13(24-12)15(20)23-9-14(19)18-16(21)17-5-6-22-2/h8,10H,3-7,9H2,1-2H3,(H2,17,18,19,21). The Labute approximate surface area is 144 Å². The molecule has 1 atom stereocenters. The molecule has 1 aliphatic rings. The monoisotopic (exact) mass is 354 g/mol. The molecule has 24 heavy (non-hydrogen) atoms. The highest BCUT2D eigenvalue weighted by atomic mass is 32.1. The van der Waals surface area contributed by atoms with Crippen LogP contribution >= 0.6 is 11.3 Å². The van der Waals surface area contributed by atoms with Crippen molar-refractivity contribution in [2.45, 2.75) is 26.2 Å². The quantitative estimate of drug-likeness (QED) is 0.596. The summed E-state index contributed by atoms with van der Waals surface area (Å²) in [5, 5.41) is 4.52. The Kier molecular flexibility index (Phi) is 6.74. The van der Waals surface area contributed by atoms with Gasteiger partial charge in [-0.05, 0) is 36.8 Å². The molecule has 7 nitrogen and oxygen atoms in total. The first-order chi connectivity index (χ1) is 11.5. The molecule has 0 fully saturated rings. The van der Waals surface area contributed by atoms with Gasteiger partial charge in [-0.15, -0.1) is 11.3 Å². The number of aryl methyl sites for hydroxylation is 1. The van der Waals surface area contributed by atoms with Crippen LogP contribution in [0.1, 0.15) is 33.5 Å². The molecule has 2 N–H and O–H groups in total. The fraction of sp³-hybridized carbons (Fsp3) is 0.562.